The smallest absolute Gasteiger partial charge is 0.342 e. The molecule has 0 bridgehead atoms. The van der Waals surface area contributed by atoms with Crippen LogP contribution in [-0.2, 0) is 9.53 Å². The van der Waals surface area contributed by atoms with Crippen LogP contribution in [0.15, 0.2) is 46.9 Å². The number of amides is 1. The third-order valence-corrected chi connectivity index (χ3v) is 3.64. The molecule has 23 heavy (non-hydrogen) atoms. The summed E-state index contributed by atoms with van der Waals surface area (Å²) in [5, 5.41) is 12.4. The normalized spacial score (nSPS) is 11.6. The Morgan fingerprint density at radius 2 is 1.83 bits per heavy atom. The first kappa shape index (κ1) is 17.0. The third kappa shape index (κ3) is 4.56. The molecule has 5 nitrogen and oxygen atoms in total. The molecule has 0 saturated heterocycles. The zero-order valence-corrected chi connectivity index (χ0v) is 14.3. The average molecular weight is 378 g/mol. The van der Waals surface area contributed by atoms with Crippen LogP contribution in [0.3, 0.4) is 0 Å². The predicted octanol–water partition coefficient (Wildman–Crippen LogP) is 3.65. The lowest BCUT2D eigenvalue weighted by molar-refractivity contribution is -0.123. The van der Waals surface area contributed by atoms with E-state index in [9.17, 15) is 14.7 Å². The molecular formula is C17H16BrNO4. The number of esters is 1. The van der Waals surface area contributed by atoms with Crippen molar-refractivity contribution in [2.45, 2.75) is 20.0 Å². The number of benzene rings is 2. The van der Waals surface area contributed by atoms with Crippen LogP contribution >= 0.6 is 15.9 Å². The molecule has 6 heteroatoms. The summed E-state index contributed by atoms with van der Waals surface area (Å²) in [4.78, 5) is 24.1. The minimum absolute atomic E-state index is 0.00522. The molecule has 120 valence electrons. The molecule has 2 N–H and O–H groups in total. The van der Waals surface area contributed by atoms with Gasteiger partial charge in [0, 0.05) is 10.2 Å². The fourth-order valence-electron chi connectivity index (χ4n) is 1.83. The first-order valence-corrected chi connectivity index (χ1v) is 7.73. The number of nitrogens with one attached hydrogen (secondary N) is 1. The quantitative estimate of drug-likeness (QED) is 0.797. The number of hydrogen-bond donors (Lipinski definition) is 2. The van der Waals surface area contributed by atoms with Gasteiger partial charge in [-0.2, -0.15) is 0 Å². The lowest BCUT2D eigenvalue weighted by Crippen LogP contribution is -2.30. The highest BCUT2D eigenvalue weighted by molar-refractivity contribution is 9.10. The van der Waals surface area contributed by atoms with Crippen LogP contribution in [0.1, 0.15) is 22.8 Å². The molecule has 0 spiro atoms. The van der Waals surface area contributed by atoms with Crippen molar-refractivity contribution < 1.29 is 19.4 Å². The number of aromatic hydroxyl groups is 1. The van der Waals surface area contributed by atoms with E-state index in [1.165, 1.54) is 19.1 Å². The van der Waals surface area contributed by atoms with E-state index in [0.717, 1.165) is 5.56 Å². The fourth-order valence-corrected chi connectivity index (χ4v) is 2.19. The molecule has 2 rings (SSSR count). The van der Waals surface area contributed by atoms with Gasteiger partial charge in [0.05, 0.1) is 0 Å². The second-order valence-corrected chi connectivity index (χ2v) is 5.98. The van der Waals surface area contributed by atoms with Crippen molar-refractivity contribution in [2.75, 3.05) is 5.32 Å². The van der Waals surface area contributed by atoms with Crippen LogP contribution in [0.25, 0.3) is 0 Å². The summed E-state index contributed by atoms with van der Waals surface area (Å²) in [7, 11) is 0. The molecule has 0 aromatic heterocycles. The maximum absolute atomic E-state index is 12.1. The zero-order valence-electron chi connectivity index (χ0n) is 12.7. The molecular weight excluding hydrogens is 362 g/mol. The van der Waals surface area contributed by atoms with Crippen molar-refractivity contribution in [3.05, 3.63) is 58.1 Å². The molecule has 1 amide bonds. The molecule has 0 saturated carbocycles. The van der Waals surface area contributed by atoms with Gasteiger partial charge in [-0.1, -0.05) is 33.6 Å². The SMILES string of the molecule is Cc1ccc(NC(=O)[C@@H](C)OC(=O)c2cc(Br)ccc2O)cc1. The summed E-state index contributed by atoms with van der Waals surface area (Å²) >= 11 is 3.21. The molecule has 0 aliphatic carbocycles. The van der Waals surface area contributed by atoms with E-state index in [4.69, 9.17) is 4.74 Å². The van der Waals surface area contributed by atoms with Crippen LogP contribution < -0.4 is 5.32 Å². The Morgan fingerprint density at radius 3 is 2.48 bits per heavy atom. The van der Waals surface area contributed by atoms with Crippen molar-refractivity contribution in [2.24, 2.45) is 0 Å². The van der Waals surface area contributed by atoms with E-state index in [2.05, 4.69) is 21.2 Å². The highest BCUT2D eigenvalue weighted by Crippen LogP contribution is 2.23. The monoisotopic (exact) mass is 377 g/mol. The Kier molecular flexibility index (Phi) is 5.39. The number of phenols is 1. The van der Waals surface area contributed by atoms with Gasteiger partial charge in [0.15, 0.2) is 6.10 Å². The highest BCUT2D eigenvalue weighted by atomic mass is 79.9. The lowest BCUT2D eigenvalue weighted by atomic mass is 10.2. The Hall–Kier alpha value is -2.34. The summed E-state index contributed by atoms with van der Waals surface area (Å²) in [6.07, 6.45) is -0.998. The summed E-state index contributed by atoms with van der Waals surface area (Å²) in [5.41, 5.74) is 1.69. The lowest BCUT2D eigenvalue weighted by Gasteiger charge is -2.14. The fraction of sp³-hybridized carbons (Fsp3) is 0.176. The number of ether oxygens (including phenoxy) is 1. The number of halogens is 1. The Labute approximate surface area is 142 Å². The van der Waals surface area contributed by atoms with Gasteiger partial charge in [-0.3, -0.25) is 4.79 Å². The standard InChI is InChI=1S/C17H16BrNO4/c1-10-3-6-13(7-4-10)19-16(21)11(2)23-17(22)14-9-12(18)5-8-15(14)20/h3-9,11,20H,1-2H3,(H,19,21)/t11-/m1/s1. The van der Waals surface area contributed by atoms with Gasteiger partial charge in [-0.15, -0.1) is 0 Å². The summed E-state index contributed by atoms with van der Waals surface area (Å²) in [6, 6.07) is 11.7. The number of carbonyl (C=O) groups is 2. The molecule has 0 radical (unpaired) electrons. The topological polar surface area (TPSA) is 75.6 Å². The van der Waals surface area contributed by atoms with Crippen LogP contribution in [0.2, 0.25) is 0 Å². The number of phenolic OH excluding ortho intramolecular Hbond substituents is 1. The van der Waals surface area contributed by atoms with Gasteiger partial charge in [0.2, 0.25) is 0 Å². The number of hydrogen-bond acceptors (Lipinski definition) is 4. The average Bonchev–Trinajstić information content (AvgIpc) is 2.51. The van der Waals surface area contributed by atoms with Crippen molar-refractivity contribution in [3.8, 4) is 5.75 Å². The zero-order chi connectivity index (χ0) is 17.0. The van der Waals surface area contributed by atoms with Crippen LogP contribution in [0.4, 0.5) is 5.69 Å². The molecule has 0 aliphatic heterocycles. The number of aryl methyl sites for hydroxylation is 1. The maximum Gasteiger partial charge on any atom is 0.342 e. The number of carbonyl (C=O) groups excluding carboxylic acids is 2. The second kappa shape index (κ2) is 7.28. The Bertz CT molecular complexity index is 728. The second-order valence-electron chi connectivity index (χ2n) is 5.06. The van der Waals surface area contributed by atoms with Gasteiger partial charge in [0.25, 0.3) is 5.91 Å². The highest BCUT2D eigenvalue weighted by Gasteiger charge is 2.21. The van der Waals surface area contributed by atoms with Gasteiger partial charge in [-0.05, 0) is 44.2 Å². The minimum atomic E-state index is -0.998. The Morgan fingerprint density at radius 1 is 1.17 bits per heavy atom. The maximum atomic E-state index is 12.1. The van der Waals surface area contributed by atoms with E-state index in [0.29, 0.717) is 10.2 Å². The van der Waals surface area contributed by atoms with Gasteiger partial charge in [-0.25, -0.2) is 4.79 Å². The predicted molar refractivity (Wildman–Crippen MR) is 90.5 cm³/mol. The van der Waals surface area contributed by atoms with Crippen molar-refractivity contribution in [1.29, 1.82) is 0 Å². The molecule has 2 aromatic rings. The first-order valence-electron chi connectivity index (χ1n) is 6.94. The van der Waals surface area contributed by atoms with E-state index in [-0.39, 0.29) is 11.3 Å². The largest absolute Gasteiger partial charge is 0.507 e. The Balaban J connectivity index is 2.01. The summed E-state index contributed by atoms with van der Waals surface area (Å²) < 4.78 is 5.72. The molecule has 1 atom stereocenters. The van der Waals surface area contributed by atoms with Crippen LogP contribution in [0, 0.1) is 6.92 Å². The summed E-state index contributed by atoms with van der Waals surface area (Å²) in [5.74, 6) is -1.42. The first-order chi connectivity index (χ1) is 10.9. The van der Waals surface area contributed by atoms with Gasteiger partial charge >= 0.3 is 5.97 Å². The number of anilines is 1. The minimum Gasteiger partial charge on any atom is -0.507 e. The third-order valence-electron chi connectivity index (χ3n) is 3.15. The van der Waals surface area contributed by atoms with Gasteiger partial charge < -0.3 is 15.2 Å². The molecule has 2 aromatic carbocycles. The molecule has 0 unspecified atom stereocenters. The van der Waals surface area contributed by atoms with Crippen LogP contribution in [-0.4, -0.2) is 23.1 Å². The van der Waals surface area contributed by atoms with E-state index >= 15 is 0 Å². The van der Waals surface area contributed by atoms with Crippen molar-refractivity contribution in [1.82, 2.24) is 0 Å². The van der Waals surface area contributed by atoms with Crippen molar-refractivity contribution >= 4 is 33.5 Å². The molecule has 0 aliphatic rings. The van der Waals surface area contributed by atoms with E-state index in [1.807, 2.05) is 19.1 Å². The molecule has 0 fully saturated rings. The van der Waals surface area contributed by atoms with Gasteiger partial charge in [0.1, 0.15) is 11.3 Å². The van der Waals surface area contributed by atoms with Crippen LogP contribution in [0.5, 0.6) is 5.75 Å². The molecule has 0 heterocycles. The summed E-state index contributed by atoms with van der Waals surface area (Å²) in [6.45, 7) is 3.41. The number of rotatable bonds is 4. The van der Waals surface area contributed by atoms with E-state index < -0.39 is 18.0 Å². The van der Waals surface area contributed by atoms with Crippen molar-refractivity contribution in [3.63, 3.8) is 0 Å². The van der Waals surface area contributed by atoms with E-state index in [1.54, 1.807) is 18.2 Å².